The van der Waals surface area contributed by atoms with E-state index in [1.54, 1.807) is 0 Å². The molecule has 0 saturated heterocycles. The summed E-state index contributed by atoms with van der Waals surface area (Å²) < 4.78 is 0. The van der Waals surface area contributed by atoms with E-state index in [4.69, 9.17) is 0 Å². The van der Waals surface area contributed by atoms with Crippen LogP contribution in [-0.2, 0) is 4.79 Å². The molecule has 0 aromatic carbocycles. The summed E-state index contributed by atoms with van der Waals surface area (Å²) in [5, 5.41) is 43.8. The molecule has 0 aliphatic rings. The van der Waals surface area contributed by atoms with Gasteiger partial charge in [0, 0.05) is 0 Å². The lowest BCUT2D eigenvalue weighted by Crippen LogP contribution is -2.53. The number of hydrogen-bond donors (Lipinski definition) is 5. The van der Waals surface area contributed by atoms with E-state index in [1.165, 1.54) is 186 Å². The zero-order valence-electron chi connectivity index (χ0n) is 40.0. The minimum atomic E-state index is -1.29. The zero-order valence-corrected chi connectivity index (χ0v) is 40.0. The number of unbranched alkanes of at least 4 members (excludes halogenated alkanes) is 33. The van der Waals surface area contributed by atoms with Crippen LogP contribution in [0.1, 0.15) is 271 Å². The fraction of sp³-hybridized carbons (Fsp3) is 0.870. The van der Waals surface area contributed by atoms with Crippen molar-refractivity contribution in [1.82, 2.24) is 5.32 Å². The van der Waals surface area contributed by atoms with Gasteiger partial charge in [0.15, 0.2) is 0 Å². The number of allylic oxidation sites excluding steroid dienone is 6. The lowest BCUT2D eigenvalue weighted by Gasteiger charge is -2.27. The van der Waals surface area contributed by atoms with Crippen molar-refractivity contribution < 1.29 is 25.2 Å². The van der Waals surface area contributed by atoms with E-state index in [9.17, 15) is 25.2 Å². The second kappa shape index (κ2) is 48.6. The molecule has 0 saturated carbocycles. The number of amides is 1. The van der Waals surface area contributed by atoms with Crippen molar-refractivity contribution in [3.05, 3.63) is 36.5 Å². The van der Waals surface area contributed by atoms with Crippen molar-refractivity contribution in [2.75, 3.05) is 6.61 Å². The van der Waals surface area contributed by atoms with E-state index in [2.05, 4.69) is 55.6 Å². The molecule has 4 unspecified atom stereocenters. The van der Waals surface area contributed by atoms with Crippen molar-refractivity contribution >= 4 is 5.91 Å². The number of rotatable bonds is 48. The number of nitrogens with one attached hydrogen (secondary N) is 1. The first-order chi connectivity index (χ1) is 29.5. The van der Waals surface area contributed by atoms with Gasteiger partial charge in [-0.1, -0.05) is 230 Å². The molecule has 0 fully saturated rings. The molecule has 354 valence electrons. The largest absolute Gasteiger partial charge is 0.394 e. The minimum Gasteiger partial charge on any atom is -0.394 e. The molecule has 1 amide bonds. The van der Waals surface area contributed by atoms with Crippen LogP contribution in [0.5, 0.6) is 0 Å². The molecule has 0 aliphatic carbocycles. The first-order valence-electron chi connectivity index (χ1n) is 26.4. The molecule has 0 aliphatic heterocycles. The molecule has 0 heterocycles. The summed E-state index contributed by atoms with van der Waals surface area (Å²) in [6, 6.07) is -1.01. The molecule has 0 aromatic rings. The fourth-order valence-electron chi connectivity index (χ4n) is 8.12. The average Bonchev–Trinajstić information content (AvgIpc) is 3.25. The van der Waals surface area contributed by atoms with Crippen LogP contribution in [0.4, 0.5) is 0 Å². The summed E-state index contributed by atoms with van der Waals surface area (Å²) in [6.45, 7) is 4.04. The Hall–Kier alpha value is -1.47. The van der Waals surface area contributed by atoms with Gasteiger partial charge in [0.1, 0.15) is 12.2 Å². The van der Waals surface area contributed by atoms with Crippen molar-refractivity contribution in [2.45, 2.75) is 295 Å². The molecule has 0 spiro atoms. The predicted octanol–water partition coefficient (Wildman–Crippen LogP) is 14.9. The molecule has 0 bridgehead atoms. The second-order valence-corrected chi connectivity index (χ2v) is 18.2. The van der Waals surface area contributed by atoms with Gasteiger partial charge < -0.3 is 25.7 Å². The monoisotopic (exact) mass is 846 g/mol. The van der Waals surface area contributed by atoms with Gasteiger partial charge in [-0.05, 0) is 77.0 Å². The zero-order chi connectivity index (χ0) is 43.8. The third-order valence-corrected chi connectivity index (χ3v) is 12.3. The maximum atomic E-state index is 12.5. The Morgan fingerprint density at radius 1 is 0.400 bits per heavy atom. The summed E-state index contributed by atoms with van der Waals surface area (Å²) >= 11 is 0. The molecule has 6 nitrogen and oxygen atoms in total. The topological polar surface area (TPSA) is 110 Å². The van der Waals surface area contributed by atoms with E-state index < -0.39 is 36.9 Å². The van der Waals surface area contributed by atoms with Gasteiger partial charge in [-0.3, -0.25) is 4.79 Å². The van der Waals surface area contributed by atoms with E-state index in [0.717, 1.165) is 51.4 Å². The number of aliphatic hydroxyl groups is 4. The van der Waals surface area contributed by atoms with E-state index in [1.807, 2.05) is 0 Å². The van der Waals surface area contributed by atoms with Crippen molar-refractivity contribution in [3.63, 3.8) is 0 Å². The fourth-order valence-corrected chi connectivity index (χ4v) is 8.12. The second-order valence-electron chi connectivity index (χ2n) is 18.2. The van der Waals surface area contributed by atoms with Crippen LogP contribution in [0.15, 0.2) is 36.5 Å². The number of carbonyl (C=O) groups is 1. The third kappa shape index (κ3) is 41.9. The molecule has 60 heavy (non-hydrogen) atoms. The summed E-state index contributed by atoms with van der Waals surface area (Å²) in [4.78, 5) is 12.5. The highest BCUT2D eigenvalue weighted by atomic mass is 16.3. The quantitative estimate of drug-likeness (QED) is 0.0309. The SMILES string of the molecule is CCCCCCCCC/C=C\CCCCCCC(O)C(=O)NC(CO)C(O)C(O)CCC/C=C/CC/C=C/CCCCCCCCCCCCCCCCCCCCCC. The number of aliphatic hydroxyl groups excluding tert-OH is 4. The molecule has 0 aromatic heterocycles. The van der Waals surface area contributed by atoms with Crippen molar-refractivity contribution in [1.29, 1.82) is 0 Å². The Kier molecular flexibility index (Phi) is 47.4. The molecule has 6 heteroatoms. The molecule has 0 rings (SSSR count). The Morgan fingerprint density at radius 2 is 0.700 bits per heavy atom. The maximum Gasteiger partial charge on any atom is 0.249 e. The van der Waals surface area contributed by atoms with Crippen molar-refractivity contribution in [2.24, 2.45) is 0 Å². The van der Waals surface area contributed by atoms with Gasteiger partial charge in [0.05, 0.1) is 18.8 Å². The van der Waals surface area contributed by atoms with E-state index >= 15 is 0 Å². The standard InChI is InChI=1S/C54H103NO5/c1-3-5-7-9-11-13-15-17-19-20-21-22-23-24-25-26-27-28-29-30-31-32-34-35-37-39-41-43-45-47-51(57)53(59)50(49-56)55-54(60)52(58)48-46-44-42-40-38-36-33-18-16-14-12-10-8-6-4-2/h32-34,36,39,41,50-53,56-59H,3-31,35,37-38,40,42-49H2,1-2H3,(H,55,60)/b34-32+,36-33-,41-39+. The molecule has 5 N–H and O–H groups in total. The molecule has 4 atom stereocenters. The van der Waals surface area contributed by atoms with E-state index in [-0.39, 0.29) is 0 Å². The summed E-state index contributed by atoms with van der Waals surface area (Å²) in [7, 11) is 0. The smallest absolute Gasteiger partial charge is 0.249 e. The Bertz CT molecular complexity index is 950. The Labute approximate surface area is 373 Å². The van der Waals surface area contributed by atoms with Crippen LogP contribution < -0.4 is 5.32 Å². The Balaban J connectivity index is 3.69. The lowest BCUT2D eigenvalue weighted by atomic mass is 10.00. The van der Waals surface area contributed by atoms with Gasteiger partial charge in [0.25, 0.3) is 0 Å². The highest BCUT2D eigenvalue weighted by Gasteiger charge is 2.28. The number of hydrogen-bond acceptors (Lipinski definition) is 5. The van der Waals surface area contributed by atoms with E-state index in [0.29, 0.717) is 19.3 Å². The first kappa shape index (κ1) is 58.5. The first-order valence-corrected chi connectivity index (χ1v) is 26.4. The predicted molar refractivity (Wildman–Crippen MR) is 260 cm³/mol. The average molecular weight is 846 g/mol. The van der Waals surface area contributed by atoms with Crippen LogP contribution in [-0.4, -0.2) is 57.3 Å². The van der Waals surface area contributed by atoms with Gasteiger partial charge in [-0.2, -0.15) is 0 Å². The molecule has 0 radical (unpaired) electrons. The summed E-state index contributed by atoms with van der Waals surface area (Å²) in [5.41, 5.74) is 0. The van der Waals surface area contributed by atoms with Crippen LogP contribution in [0.2, 0.25) is 0 Å². The lowest BCUT2D eigenvalue weighted by molar-refractivity contribution is -0.132. The van der Waals surface area contributed by atoms with Gasteiger partial charge in [0.2, 0.25) is 5.91 Å². The molecular formula is C54H103NO5. The third-order valence-electron chi connectivity index (χ3n) is 12.3. The summed E-state index contributed by atoms with van der Waals surface area (Å²) in [5.74, 6) is -0.605. The molecular weight excluding hydrogens is 743 g/mol. The normalized spacial score (nSPS) is 14.2. The van der Waals surface area contributed by atoms with Gasteiger partial charge in [-0.25, -0.2) is 0 Å². The van der Waals surface area contributed by atoms with Gasteiger partial charge >= 0.3 is 0 Å². The summed E-state index contributed by atoms with van der Waals surface area (Å²) in [6.07, 6.45) is 59.3. The maximum absolute atomic E-state index is 12.5. The van der Waals surface area contributed by atoms with Crippen molar-refractivity contribution in [3.8, 4) is 0 Å². The van der Waals surface area contributed by atoms with Crippen LogP contribution in [0.25, 0.3) is 0 Å². The number of carbonyl (C=O) groups excluding carboxylic acids is 1. The van der Waals surface area contributed by atoms with Gasteiger partial charge in [-0.15, -0.1) is 0 Å². The Morgan fingerprint density at radius 3 is 1.05 bits per heavy atom. The highest BCUT2D eigenvalue weighted by molar-refractivity contribution is 5.80. The van der Waals surface area contributed by atoms with Crippen LogP contribution >= 0.6 is 0 Å². The highest BCUT2D eigenvalue weighted by Crippen LogP contribution is 2.16. The van der Waals surface area contributed by atoms with Crippen LogP contribution in [0.3, 0.4) is 0 Å². The minimum absolute atomic E-state index is 0.346. The van der Waals surface area contributed by atoms with Crippen LogP contribution in [0, 0.1) is 0 Å².